The lowest BCUT2D eigenvalue weighted by Gasteiger charge is -1.99. The van der Waals surface area contributed by atoms with Crippen LogP contribution in [0.1, 0.15) is 0 Å². The molecule has 0 amide bonds. The van der Waals surface area contributed by atoms with E-state index in [-0.39, 0.29) is 11.4 Å². The Hall–Kier alpha value is -2.69. The molecule has 0 aliphatic carbocycles. The highest BCUT2D eigenvalue weighted by atomic mass is 16.6. The maximum Gasteiger partial charge on any atom is 0.316 e. The highest BCUT2D eigenvalue weighted by molar-refractivity contribution is 5.81. The van der Waals surface area contributed by atoms with Gasteiger partial charge in [0.2, 0.25) is 5.76 Å². The lowest BCUT2D eigenvalue weighted by Crippen LogP contribution is -1.90. The van der Waals surface area contributed by atoms with Gasteiger partial charge in [-0.1, -0.05) is 24.3 Å². The van der Waals surface area contributed by atoms with Crippen LogP contribution in [-0.4, -0.2) is 9.91 Å². The molecule has 5 nitrogen and oxygen atoms in total. The number of benzene rings is 1. The Bertz CT molecular complexity index is 734. The molecule has 18 heavy (non-hydrogen) atoms. The molecule has 0 N–H and O–H groups in total. The van der Waals surface area contributed by atoms with E-state index in [1.165, 1.54) is 12.3 Å². The first kappa shape index (κ1) is 10.5. The van der Waals surface area contributed by atoms with Crippen molar-refractivity contribution in [1.82, 2.24) is 4.98 Å². The number of furan rings is 1. The molecule has 0 radical (unpaired) electrons. The Kier molecular flexibility index (Phi) is 2.30. The maximum atomic E-state index is 10.8. The Morgan fingerprint density at radius 1 is 1.11 bits per heavy atom. The fourth-order valence-corrected chi connectivity index (χ4v) is 1.83. The third kappa shape index (κ3) is 1.62. The molecule has 0 fully saturated rings. The predicted molar refractivity (Wildman–Crippen MR) is 66.1 cm³/mol. The van der Waals surface area contributed by atoms with Gasteiger partial charge in [0.15, 0.2) is 0 Å². The first-order chi connectivity index (χ1) is 8.75. The van der Waals surface area contributed by atoms with Gasteiger partial charge in [0.05, 0.1) is 22.8 Å². The van der Waals surface area contributed by atoms with Crippen molar-refractivity contribution >= 4 is 16.6 Å². The molecule has 0 aliphatic rings. The summed E-state index contributed by atoms with van der Waals surface area (Å²) in [6, 6.07) is 12.5. The van der Waals surface area contributed by atoms with Gasteiger partial charge in [0.1, 0.15) is 5.69 Å². The normalized spacial score (nSPS) is 10.7. The second kappa shape index (κ2) is 3.96. The smallest absolute Gasteiger partial charge is 0.316 e. The number of hydrogen-bond donors (Lipinski definition) is 0. The average molecular weight is 240 g/mol. The number of nitrogens with zero attached hydrogens (tertiary/aromatic N) is 2. The standard InChI is InChI=1S/C13H8N2O3/c16-15(17)12-7-8-18-13(12)11-6-5-9-3-1-2-4-10(9)14-11/h1-8H. The van der Waals surface area contributed by atoms with Gasteiger partial charge in [0.25, 0.3) is 0 Å². The van der Waals surface area contributed by atoms with Crippen LogP contribution in [-0.2, 0) is 0 Å². The van der Waals surface area contributed by atoms with Gasteiger partial charge in [-0.3, -0.25) is 10.1 Å². The second-order valence-corrected chi connectivity index (χ2v) is 3.78. The van der Waals surface area contributed by atoms with Crippen molar-refractivity contribution in [3.8, 4) is 11.5 Å². The molecule has 88 valence electrons. The van der Waals surface area contributed by atoms with Crippen molar-refractivity contribution in [1.29, 1.82) is 0 Å². The molecule has 0 spiro atoms. The largest absolute Gasteiger partial charge is 0.455 e. The summed E-state index contributed by atoms with van der Waals surface area (Å²) in [5.41, 5.74) is 1.17. The van der Waals surface area contributed by atoms with Gasteiger partial charge in [-0.05, 0) is 12.1 Å². The van der Waals surface area contributed by atoms with E-state index in [9.17, 15) is 10.1 Å². The number of pyridine rings is 1. The summed E-state index contributed by atoms with van der Waals surface area (Å²) >= 11 is 0. The van der Waals surface area contributed by atoms with Crippen LogP contribution < -0.4 is 0 Å². The lowest BCUT2D eigenvalue weighted by molar-refractivity contribution is -0.384. The third-order valence-corrected chi connectivity index (χ3v) is 2.67. The monoisotopic (exact) mass is 240 g/mol. The number of fused-ring (bicyclic) bond motifs is 1. The average Bonchev–Trinajstić information content (AvgIpc) is 2.87. The summed E-state index contributed by atoms with van der Waals surface area (Å²) in [7, 11) is 0. The summed E-state index contributed by atoms with van der Waals surface area (Å²) in [5, 5.41) is 11.8. The van der Waals surface area contributed by atoms with Crippen LogP contribution in [0.25, 0.3) is 22.4 Å². The molecule has 0 bridgehead atoms. The van der Waals surface area contributed by atoms with E-state index in [2.05, 4.69) is 4.98 Å². The van der Waals surface area contributed by atoms with Crippen LogP contribution >= 0.6 is 0 Å². The molecule has 1 aromatic carbocycles. The SMILES string of the molecule is O=[N+]([O-])c1ccoc1-c1ccc2ccccc2n1. The number of aromatic nitrogens is 1. The van der Waals surface area contributed by atoms with Crippen LogP contribution in [0.3, 0.4) is 0 Å². The zero-order valence-corrected chi connectivity index (χ0v) is 9.24. The second-order valence-electron chi connectivity index (χ2n) is 3.78. The van der Waals surface area contributed by atoms with E-state index in [1.54, 1.807) is 6.07 Å². The van der Waals surface area contributed by atoms with Crippen LogP contribution in [0.15, 0.2) is 53.1 Å². The van der Waals surface area contributed by atoms with Gasteiger partial charge in [0, 0.05) is 5.39 Å². The minimum atomic E-state index is -0.476. The molecule has 3 aromatic rings. The summed E-state index contributed by atoms with van der Waals surface area (Å²) in [6.07, 6.45) is 1.30. The highest BCUT2D eigenvalue weighted by Crippen LogP contribution is 2.30. The fraction of sp³-hybridized carbons (Fsp3) is 0. The van der Waals surface area contributed by atoms with E-state index >= 15 is 0 Å². The zero-order chi connectivity index (χ0) is 12.5. The Morgan fingerprint density at radius 3 is 2.78 bits per heavy atom. The van der Waals surface area contributed by atoms with Gasteiger partial charge in [-0.25, -0.2) is 4.98 Å². The van der Waals surface area contributed by atoms with Crippen molar-refractivity contribution in [2.24, 2.45) is 0 Å². The van der Waals surface area contributed by atoms with E-state index in [1.807, 2.05) is 30.3 Å². The van der Waals surface area contributed by atoms with Crippen molar-refractivity contribution in [2.75, 3.05) is 0 Å². The molecule has 0 saturated carbocycles. The third-order valence-electron chi connectivity index (χ3n) is 2.67. The molecule has 5 heteroatoms. The maximum absolute atomic E-state index is 10.8. The summed E-state index contributed by atoms with van der Waals surface area (Å²) in [4.78, 5) is 14.7. The molecule has 0 saturated heterocycles. The van der Waals surface area contributed by atoms with E-state index in [0.29, 0.717) is 5.69 Å². The van der Waals surface area contributed by atoms with Crippen LogP contribution in [0.2, 0.25) is 0 Å². The fourth-order valence-electron chi connectivity index (χ4n) is 1.83. The highest BCUT2D eigenvalue weighted by Gasteiger charge is 2.20. The first-order valence-electron chi connectivity index (χ1n) is 5.34. The summed E-state index contributed by atoms with van der Waals surface area (Å²) in [6.45, 7) is 0. The van der Waals surface area contributed by atoms with E-state index in [0.717, 1.165) is 10.9 Å². The number of para-hydroxylation sites is 1. The molecule has 3 rings (SSSR count). The van der Waals surface area contributed by atoms with Gasteiger partial charge in [-0.2, -0.15) is 0 Å². The van der Waals surface area contributed by atoms with Gasteiger partial charge >= 0.3 is 5.69 Å². The van der Waals surface area contributed by atoms with Gasteiger partial charge < -0.3 is 4.42 Å². The molecular formula is C13H8N2O3. The zero-order valence-electron chi connectivity index (χ0n) is 9.24. The van der Waals surface area contributed by atoms with Crippen molar-refractivity contribution in [3.05, 3.63) is 58.8 Å². The molecule has 0 unspecified atom stereocenters. The van der Waals surface area contributed by atoms with E-state index in [4.69, 9.17) is 4.42 Å². The van der Waals surface area contributed by atoms with Crippen LogP contribution in [0.5, 0.6) is 0 Å². The Labute approximate surface area is 102 Å². The molecule has 0 atom stereocenters. The topological polar surface area (TPSA) is 69.2 Å². The first-order valence-corrected chi connectivity index (χ1v) is 5.34. The van der Waals surface area contributed by atoms with Crippen LogP contribution in [0, 0.1) is 10.1 Å². The Morgan fingerprint density at radius 2 is 1.94 bits per heavy atom. The molecule has 2 aromatic heterocycles. The quantitative estimate of drug-likeness (QED) is 0.508. The number of hydrogen-bond acceptors (Lipinski definition) is 4. The van der Waals surface area contributed by atoms with Gasteiger partial charge in [-0.15, -0.1) is 0 Å². The summed E-state index contributed by atoms with van der Waals surface area (Å²) < 4.78 is 5.16. The minimum Gasteiger partial charge on any atom is -0.455 e. The van der Waals surface area contributed by atoms with Crippen molar-refractivity contribution in [2.45, 2.75) is 0 Å². The number of nitro groups is 1. The summed E-state index contributed by atoms with van der Waals surface area (Å²) in [5.74, 6) is 0.186. The van der Waals surface area contributed by atoms with Crippen LogP contribution in [0.4, 0.5) is 5.69 Å². The Balaban J connectivity index is 2.19. The van der Waals surface area contributed by atoms with Crippen molar-refractivity contribution in [3.63, 3.8) is 0 Å². The van der Waals surface area contributed by atoms with Crippen molar-refractivity contribution < 1.29 is 9.34 Å². The molecule has 0 aliphatic heterocycles. The predicted octanol–water partition coefficient (Wildman–Crippen LogP) is 3.40. The molecule has 2 heterocycles. The lowest BCUT2D eigenvalue weighted by atomic mass is 10.2. The van der Waals surface area contributed by atoms with E-state index < -0.39 is 4.92 Å². The minimum absolute atomic E-state index is 0.0715. The number of rotatable bonds is 2. The molecular weight excluding hydrogens is 232 g/mol.